The maximum absolute atomic E-state index is 5.38. The molecule has 1 saturated heterocycles. The van der Waals surface area contributed by atoms with E-state index in [-0.39, 0.29) is 6.04 Å². The Hall–Kier alpha value is -0.550. The van der Waals surface area contributed by atoms with Crippen molar-refractivity contribution >= 4 is 11.8 Å². The van der Waals surface area contributed by atoms with E-state index in [0.29, 0.717) is 0 Å². The van der Waals surface area contributed by atoms with Crippen LogP contribution in [-0.2, 0) is 5.75 Å². The molecule has 0 amide bonds. The van der Waals surface area contributed by atoms with Gasteiger partial charge in [-0.3, -0.25) is 0 Å². The minimum absolute atomic E-state index is 0.288. The Bertz CT molecular complexity index is 370. The quantitative estimate of drug-likeness (QED) is 0.908. The highest BCUT2D eigenvalue weighted by Gasteiger charge is 2.21. The summed E-state index contributed by atoms with van der Waals surface area (Å²) < 4.78 is 5.38. The van der Waals surface area contributed by atoms with Crippen LogP contribution in [0.15, 0.2) is 4.52 Å². The van der Waals surface area contributed by atoms with Gasteiger partial charge in [-0.15, -0.1) is 0 Å². The molecule has 0 radical (unpaired) electrons. The minimum atomic E-state index is 0.288. The Kier molecular flexibility index (Phi) is 4.20. The topological polar surface area (TPSA) is 51.0 Å². The minimum Gasteiger partial charge on any atom is -0.338 e. The van der Waals surface area contributed by atoms with E-state index in [4.69, 9.17) is 4.52 Å². The van der Waals surface area contributed by atoms with Gasteiger partial charge in [-0.25, -0.2) is 0 Å². The molecule has 0 bridgehead atoms. The van der Waals surface area contributed by atoms with Gasteiger partial charge in [-0.05, 0) is 32.2 Å². The van der Waals surface area contributed by atoms with E-state index in [1.807, 2.05) is 11.8 Å². The molecule has 3 rings (SSSR count). The van der Waals surface area contributed by atoms with Crippen LogP contribution in [0.1, 0.15) is 62.7 Å². The summed E-state index contributed by atoms with van der Waals surface area (Å²) in [6.45, 7) is 1.07. The van der Waals surface area contributed by atoms with E-state index in [0.717, 1.165) is 35.7 Å². The van der Waals surface area contributed by atoms with Gasteiger partial charge in [0.2, 0.25) is 5.89 Å². The third kappa shape index (κ3) is 3.06. The largest absolute Gasteiger partial charge is 0.338 e. The van der Waals surface area contributed by atoms with Crippen molar-refractivity contribution in [3.8, 4) is 0 Å². The predicted octanol–water partition coefficient (Wildman–Crippen LogP) is 3.06. The molecule has 18 heavy (non-hydrogen) atoms. The van der Waals surface area contributed by atoms with Gasteiger partial charge in [0.15, 0.2) is 5.82 Å². The van der Waals surface area contributed by atoms with Gasteiger partial charge in [0.1, 0.15) is 0 Å². The molecule has 0 spiro atoms. The van der Waals surface area contributed by atoms with Crippen LogP contribution in [0.4, 0.5) is 0 Å². The fourth-order valence-electron chi connectivity index (χ4n) is 2.78. The van der Waals surface area contributed by atoms with Crippen molar-refractivity contribution in [1.29, 1.82) is 0 Å². The summed E-state index contributed by atoms with van der Waals surface area (Å²) in [4.78, 5) is 4.53. The third-order valence-electron chi connectivity index (χ3n) is 3.84. The van der Waals surface area contributed by atoms with Gasteiger partial charge in [0.25, 0.3) is 0 Å². The number of piperidine rings is 1. The molecule has 1 aromatic heterocycles. The SMILES string of the molecule is C1CCC(c2nc(CSC3CCCC3)no2)NC1. The summed E-state index contributed by atoms with van der Waals surface area (Å²) in [6, 6.07) is 0.288. The average molecular weight is 267 g/mol. The highest BCUT2D eigenvalue weighted by Crippen LogP contribution is 2.31. The lowest BCUT2D eigenvalue weighted by Crippen LogP contribution is -2.26. The fraction of sp³-hybridized carbons (Fsp3) is 0.846. The molecule has 1 aliphatic heterocycles. The van der Waals surface area contributed by atoms with Crippen LogP contribution < -0.4 is 5.32 Å². The first-order chi connectivity index (χ1) is 8.92. The monoisotopic (exact) mass is 267 g/mol. The van der Waals surface area contributed by atoms with Gasteiger partial charge in [-0.2, -0.15) is 16.7 Å². The van der Waals surface area contributed by atoms with E-state index >= 15 is 0 Å². The van der Waals surface area contributed by atoms with Crippen molar-refractivity contribution < 1.29 is 4.52 Å². The molecule has 1 atom stereocenters. The van der Waals surface area contributed by atoms with Gasteiger partial charge >= 0.3 is 0 Å². The molecule has 5 heteroatoms. The van der Waals surface area contributed by atoms with Crippen LogP contribution in [0, 0.1) is 0 Å². The zero-order valence-electron chi connectivity index (χ0n) is 10.7. The molecule has 1 aliphatic carbocycles. The van der Waals surface area contributed by atoms with Crippen molar-refractivity contribution in [2.75, 3.05) is 6.54 Å². The first-order valence-corrected chi connectivity index (χ1v) is 8.14. The second-order valence-electron chi connectivity index (χ2n) is 5.27. The van der Waals surface area contributed by atoms with Crippen LogP contribution in [0.25, 0.3) is 0 Å². The summed E-state index contributed by atoms with van der Waals surface area (Å²) in [6.07, 6.45) is 9.14. The number of hydrogen-bond donors (Lipinski definition) is 1. The zero-order valence-corrected chi connectivity index (χ0v) is 11.5. The number of nitrogens with zero attached hydrogens (tertiary/aromatic N) is 2. The van der Waals surface area contributed by atoms with Crippen LogP contribution in [0.5, 0.6) is 0 Å². The second-order valence-corrected chi connectivity index (χ2v) is 6.56. The molecule has 2 fully saturated rings. The van der Waals surface area contributed by atoms with Crippen molar-refractivity contribution in [3.05, 3.63) is 11.7 Å². The third-order valence-corrected chi connectivity index (χ3v) is 5.21. The van der Waals surface area contributed by atoms with Gasteiger partial charge in [0.05, 0.1) is 11.8 Å². The van der Waals surface area contributed by atoms with Crippen molar-refractivity contribution in [2.45, 2.75) is 62.0 Å². The van der Waals surface area contributed by atoms with Gasteiger partial charge in [-0.1, -0.05) is 24.4 Å². The average Bonchev–Trinajstić information content (AvgIpc) is 3.09. The maximum Gasteiger partial charge on any atom is 0.243 e. The normalized spacial score (nSPS) is 25.7. The summed E-state index contributed by atoms with van der Waals surface area (Å²) in [5.74, 6) is 2.56. The molecule has 4 nitrogen and oxygen atoms in total. The van der Waals surface area contributed by atoms with E-state index < -0.39 is 0 Å². The van der Waals surface area contributed by atoms with Crippen molar-refractivity contribution in [2.24, 2.45) is 0 Å². The molecule has 1 aromatic rings. The van der Waals surface area contributed by atoms with Gasteiger partial charge in [0, 0.05) is 5.25 Å². The summed E-state index contributed by atoms with van der Waals surface area (Å²) in [5, 5.41) is 8.37. The fourth-order valence-corrected chi connectivity index (χ4v) is 3.95. The Labute approximate surface area is 112 Å². The van der Waals surface area contributed by atoms with Crippen molar-refractivity contribution in [1.82, 2.24) is 15.5 Å². The molecular weight excluding hydrogens is 246 g/mol. The Balaban J connectivity index is 1.52. The second kappa shape index (κ2) is 6.06. The number of aromatic nitrogens is 2. The van der Waals surface area contributed by atoms with Crippen LogP contribution in [-0.4, -0.2) is 21.9 Å². The van der Waals surface area contributed by atoms with Crippen LogP contribution in [0.2, 0.25) is 0 Å². The molecule has 0 aromatic carbocycles. The smallest absolute Gasteiger partial charge is 0.243 e. The number of rotatable bonds is 4. The number of hydrogen-bond acceptors (Lipinski definition) is 5. The lowest BCUT2D eigenvalue weighted by atomic mass is 10.1. The molecule has 100 valence electrons. The van der Waals surface area contributed by atoms with Crippen LogP contribution >= 0.6 is 11.8 Å². The number of thioether (sulfide) groups is 1. The summed E-state index contributed by atoms with van der Waals surface area (Å²) >= 11 is 1.99. The van der Waals surface area contributed by atoms with Crippen molar-refractivity contribution in [3.63, 3.8) is 0 Å². The lowest BCUT2D eigenvalue weighted by Gasteiger charge is -2.19. The standard InChI is InChI=1S/C13H21N3OS/c1-2-6-10(5-1)18-9-12-15-13(17-16-12)11-7-3-4-8-14-11/h10-11,14H,1-9H2. The highest BCUT2D eigenvalue weighted by atomic mass is 32.2. The molecule has 1 unspecified atom stereocenters. The molecular formula is C13H21N3OS. The molecule has 2 aliphatic rings. The number of nitrogens with one attached hydrogen (secondary N) is 1. The first kappa shape index (κ1) is 12.5. The molecule has 1 saturated carbocycles. The van der Waals surface area contributed by atoms with E-state index in [1.54, 1.807) is 0 Å². The summed E-state index contributed by atoms with van der Waals surface area (Å²) in [5.41, 5.74) is 0. The summed E-state index contributed by atoms with van der Waals surface area (Å²) in [7, 11) is 0. The van der Waals surface area contributed by atoms with Crippen LogP contribution in [0.3, 0.4) is 0 Å². The Morgan fingerprint density at radius 2 is 2.00 bits per heavy atom. The lowest BCUT2D eigenvalue weighted by molar-refractivity contribution is 0.296. The van der Waals surface area contributed by atoms with Gasteiger partial charge < -0.3 is 9.84 Å². The first-order valence-electron chi connectivity index (χ1n) is 7.09. The Morgan fingerprint density at radius 3 is 2.78 bits per heavy atom. The van der Waals surface area contributed by atoms with E-state index in [1.165, 1.54) is 38.5 Å². The van der Waals surface area contributed by atoms with E-state index in [2.05, 4.69) is 15.5 Å². The maximum atomic E-state index is 5.38. The molecule has 1 N–H and O–H groups in total. The predicted molar refractivity (Wildman–Crippen MR) is 72.4 cm³/mol. The highest BCUT2D eigenvalue weighted by molar-refractivity contribution is 7.99. The Morgan fingerprint density at radius 1 is 1.17 bits per heavy atom. The zero-order chi connectivity index (χ0) is 12.2. The van der Waals surface area contributed by atoms with E-state index in [9.17, 15) is 0 Å². The molecule has 2 heterocycles.